The van der Waals surface area contributed by atoms with Gasteiger partial charge in [-0.1, -0.05) is 0 Å². The van der Waals surface area contributed by atoms with Gasteiger partial charge in [-0.25, -0.2) is 9.97 Å². The number of nitrogens with zero attached hydrogens (tertiary/aromatic N) is 2. The molecule has 1 aliphatic heterocycles. The summed E-state index contributed by atoms with van der Waals surface area (Å²) >= 11 is 0. The van der Waals surface area contributed by atoms with Crippen molar-refractivity contribution in [1.82, 2.24) is 9.97 Å². The number of anilines is 3. The second-order valence-corrected chi connectivity index (χ2v) is 5.89. The number of hydrogen-bond acceptors (Lipinski definition) is 6. The Morgan fingerprint density at radius 1 is 1.07 bits per heavy atom. The molecule has 4 rings (SSSR count). The summed E-state index contributed by atoms with van der Waals surface area (Å²) in [6, 6.07) is 8.28. The fourth-order valence-electron chi connectivity index (χ4n) is 3.00. The molecular weight excluding hydrogens is 378 g/mol. The van der Waals surface area contributed by atoms with Crippen molar-refractivity contribution < 1.29 is 18.3 Å². The fourth-order valence-corrected chi connectivity index (χ4v) is 3.00. The highest BCUT2D eigenvalue weighted by Crippen LogP contribution is 2.41. The molecule has 0 spiro atoms. The minimum atomic E-state index is -2.89. The molecule has 142 valence electrons. The van der Waals surface area contributed by atoms with E-state index in [0.29, 0.717) is 39.6 Å². The second-order valence-electron chi connectivity index (χ2n) is 5.89. The van der Waals surface area contributed by atoms with Crippen molar-refractivity contribution in [2.45, 2.75) is 5.92 Å². The molecule has 0 atom stereocenters. The Balaban J connectivity index is 0.00000210. The SMILES string of the molecule is COc1cc2ncnc(Nc3ccc4c(c3)C(F)(F)CN4)c2cc1OC.Cl. The molecule has 27 heavy (non-hydrogen) atoms. The summed E-state index contributed by atoms with van der Waals surface area (Å²) in [5.74, 6) is -1.32. The molecule has 1 aliphatic rings. The molecule has 3 aromatic rings. The number of benzene rings is 2. The zero-order valence-corrected chi connectivity index (χ0v) is 15.4. The van der Waals surface area contributed by atoms with Crippen LogP contribution in [0.1, 0.15) is 5.56 Å². The minimum absolute atomic E-state index is 0. The summed E-state index contributed by atoms with van der Waals surface area (Å²) in [4.78, 5) is 8.47. The van der Waals surface area contributed by atoms with Gasteiger partial charge in [-0.05, 0) is 24.3 Å². The van der Waals surface area contributed by atoms with Gasteiger partial charge >= 0.3 is 0 Å². The van der Waals surface area contributed by atoms with E-state index in [-0.39, 0.29) is 24.5 Å². The molecule has 0 unspecified atom stereocenters. The van der Waals surface area contributed by atoms with Crippen LogP contribution in [-0.2, 0) is 5.92 Å². The average Bonchev–Trinajstić information content (AvgIpc) is 2.95. The van der Waals surface area contributed by atoms with Crippen molar-refractivity contribution in [3.05, 3.63) is 42.2 Å². The number of rotatable bonds is 4. The zero-order valence-electron chi connectivity index (χ0n) is 14.5. The third-order valence-electron chi connectivity index (χ3n) is 4.32. The summed E-state index contributed by atoms with van der Waals surface area (Å²) < 4.78 is 38.5. The Bertz CT molecular complexity index is 1000. The molecule has 6 nitrogen and oxygen atoms in total. The number of aromatic nitrogens is 2. The normalized spacial score (nSPS) is 14.1. The molecule has 0 saturated carbocycles. The molecule has 0 amide bonds. The van der Waals surface area contributed by atoms with Gasteiger partial charge in [0.15, 0.2) is 11.5 Å². The first-order valence-corrected chi connectivity index (χ1v) is 7.92. The van der Waals surface area contributed by atoms with Crippen molar-refractivity contribution in [3.63, 3.8) is 0 Å². The maximum absolute atomic E-state index is 13.9. The third-order valence-corrected chi connectivity index (χ3v) is 4.32. The van der Waals surface area contributed by atoms with E-state index >= 15 is 0 Å². The van der Waals surface area contributed by atoms with Gasteiger partial charge in [-0.3, -0.25) is 0 Å². The van der Waals surface area contributed by atoms with Gasteiger partial charge < -0.3 is 20.1 Å². The Morgan fingerprint density at radius 3 is 2.56 bits per heavy atom. The van der Waals surface area contributed by atoms with Crippen molar-refractivity contribution >= 4 is 40.5 Å². The number of nitrogens with one attached hydrogen (secondary N) is 2. The Hall–Kier alpha value is -2.87. The summed E-state index contributed by atoms with van der Waals surface area (Å²) in [6.45, 7) is -0.390. The van der Waals surface area contributed by atoms with E-state index in [2.05, 4.69) is 20.6 Å². The maximum Gasteiger partial charge on any atom is 0.292 e. The van der Waals surface area contributed by atoms with Crippen LogP contribution < -0.4 is 20.1 Å². The summed E-state index contributed by atoms with van der Waals surface area (Å²) in [5, 5.41) is 6.49. The van der Waals surface area contributed by atoms with Crippen molar-refractivity contribution in [3.8, 4) is 11.5 Å². The number of fused-ring (bicyclic) bond motifs is 2. The van der Waals surface area contributed by atoms with Crippen LogP contribution in [0, 0.1) is 0 Å². The zero-order chi connectivity index (χ0) is 18.3. The number of halogens is 3. The standard InChI is InChI=1S/C18H16F2N4O2.ClH/c1-25-15-6-11-14(7-16(15)26-2)22-9-23-17(11)24-10-3-4-13-12(5-10)18(19,20)8-21-13;/h3-7,9,21H,8H2,1-2H3,(H,22,23,24);1H. The molecule has 0 saturated heterocycles. The number of hydrogen-bond donors (Lipinski definition) is 2. The molecule has 2 N–H and O–H groups in total. The van der Waals surface area contributed by atoms with E-state index in [1.165, 1.54) is 19.5 Å². The molecule has 0 fully saturated rings. The summed E-state index contributed by atoms with van der Waals surface area (Å²) in [5.41, 5.74) is 1.58. The van der Waals surface area contributed by atoms with Crippen LogP contribution in [0.4, 0.5) is 26.0 Å². The first kappa shape index (κ1) is 18.9. The lowest BCUT2D eigenvalue weighted by Gasteiger charge is -2.13. The molecule has 9 heteroatoms. The van der Waals surface area contributed by atoms with Gasteiger partial charge in [0.05, 0.1) is 26.3 Å². The molecular formula is C18H17ClF2N4O2. The van der Waals surface area contributed by atoms with E-state index in [1.807, 2.05) is 0 Å². The number of methoxy groups -OCH3 is 2. The first-order chi connectivity index (χ1) is 12.5. The van der Waals surface area contributed by atoms with Crippen LogP contribution in [-0.4, -0.2) is 30.7 Å². The Kier molecular flexibility index (Phi) is 4.93. The van der Waals surface area contributed by atoms with E-state index in [4.69, 9.17) is 9.47 Å². The van der Waals surface area contributed by atoms with Crippen molar-refractivity contribution in [2.75, 3.05) is 31.4 Å². The van der Waals surface area contributed by atoms with Crippen LogP contribution in [0.25, 0.3) is 10.9 Å². The molecule has 1 aromatic heterocycles. The molecule has 0 bridgehead atoms. The summed E-state index contributed by atoms with van der Waals surface area (Å²) in [6.07, 6.45) is 1.40. The quantitative estimate of drug-likeness (QED) is 0.686. The van der Waals surface area contributed by atoms with Gasteiger partial charge in [-0.15, -0.1) is 12.4 Å². The number of ether oxygens (including phenoxy) is 2. The van der Waals surface area contributed by atoms with Gasteiger partial charge in [0.1, 0.15) is 12.1 Å². The van der Waals surface area contributed by atoms with E-state index < -0.39 is 5.92 Å². The molecule has 2 aromatic carbocycles. The predicted molar refractivity (Wildman–Crippen MR) is 102 cm³/mol. The van der Waals surface area contributed by atoms with Crippen molar-refractivity contribution in [2.24, 2.45) is 0 Å². The van der Waals surface area contributed by atoms with Crippen LogP contribution >= 0.6 is 12.4 Å². The lowest BCUT2D eigenvalue weighted by Crippen LogP contribution is -2.15. The van der Waals surface area contributed by atoms with Crippen LogP contribution in [0.3, 0.4) is 0 Å². The highest BCUT2D eigenvalue weighted by atomic mass is 35.5. The van der Waals surface area contributed by atoms with Crippen LogP contribution in [0.2, 0.25) is 0 Å². The van der Waals surface area contributed by atoms with Gasteiger partial charge in [-0.2, -0.15) is 8.78 Å². The van der Waals surface area contributed by atoms with E-state index in [9.17, 15) is 8.78 Å². The molecule has 2 heterocycles. The van der Waals surface area contributed by atoms with Gasteiger partial charge in [0, 0.05) is 28.4 Å². The van der Waals surface area contributed by atoms with Gasteiger partial charge in [0.2, 0.25) is 0 Å². The highest BCUT2D eigenvalue weighted by Gasteiger charge is 2.39. The van der Waals surface area contributed by atoms with Crippen LogP contribution in [0.15, 0.2) is 36.7 Å². The summed E-state index contributed by atoms with van der Waals surface area (Å²) in [7, 11) is 3.08. The number of alkyl halides is 2. The smallest absolute Gasteiger partial charge is 0.292 e. The minimum Gasteiger partial charge on any atom is -0.493 e. The fraction of sp³-hybridized carbons (Fsp3) is 0.222. The van der Waals surface area contributed by atoms with E-state index in [1.54, 1.807) is 31.4 Å². The Labute approximate surface area is 160 Å². The molecule has 0 radical (unpaired) electrons. The largest absolute Gasteiger partial charge is 0.493 e. The van der Waals surface area contributed by atoms with Crippen LogP contribution in [0.5, 0.6) is 11.5 Å². The van der Waals surface area contributed by atoms with E-state index in [0.717, 1.165) is 0 Å². The molecule has 0 aliphatic carbocycles. The second kappa shape index (κ2) is 7.03. The lowest BCUT2D eigenvalue weighted by molar-refractivity contribution is 0.0186. The predicted octanol–water partition coefficient (Wildman–Crippen LogP) is 4.33. The monoisotopic (exact) mass is 394 g/mol. The van der Waals surface area contributed by atoms with Crippen molar-refractivity contribution in [1.29, 1.82) is 0 Å². The average molecular weight is 395 g/mol. The first-order valence-electron chi connectivity index (χ1n) is 7.92. The maximum atomic E-state index is 13.9. The third kappa shape index (κ3) is 3.28. The van der Waals surface area contributed by atoms with Gasteiger partial charge in [0.25, 0.3) is 5.92 Å². The highest BCUT2D eigenvalue weighted by molar-refractivity contribution is 5.93. The topological polar surface area (TPSA) is 68.3 Å². The Morgan fingerprint density at radius 2 is 1.81 bits per heavy atom. The lowest BCUT2D eigenvalue weighted by atomic mass is 10.1.